The minimum atomic E-state index is -3.13. The molecule has 7 heteroatoms. The molecule has 1 amide bonds. The summed E-state index contributed by atoms with van der Waals surface area (Å²) in [5, 5.41) is 3.16. The molecule has 0 aromatic heterocycles. The number of rotatable bonds is 7. The lowest BCUT2D eigenvalue weighted by Gasteiger charge is -2.39. The van der Waals surface area contributed by atoms with E-state index in [1.165, 1.54) is 17.1 Å². The van der Waals surface area contributed by atoms with Crippen molar-refractivity contribution in [1.29, 1.82) is 0 Å². The van der Waals surface area contributed by atoms with E-state index in [9.17, 15) is 13.2 Å². The second-order valence-electron chi connectivity index (χ2n) is 8.35. The molecule has 1 unspecified atom stereocenters. The number of piperidine rings is 2. The van der Waals surface area contributed by atoms with Crippen molar-refractivity contribution in [2.45, 2.75) is 59.4 Å². The lowest BCUT2D eigenvalue weighted by molar-refractivity contribution is -0.126. The first-order valence-electron chi connectivity index (χ1n) is 10.2. The van der Waals surface area contributed by atoms with Crippen LogP contribution in [0.1, 0.15) is 53.4 Å². The molecule has 6 nitrogen and oxygen atoms in total. The van der Waals surface area contributed by atoms with Crippen molar-refractivity contribution < 1.29 is 13.2 Å². The summed E-state index contributed by atoms with van der Waals surface area (Å²) < 4.78 is 25.4. The van der Waals surface area contributed by atoms with E-state index in [-0.39, 0.29) is 17.6 Å². The molecule has 2 fully saturated rings. The zero-order valence-corrected chi connectivity index (χ0v) is 17.7. The first-order chi connectivity index (χ1) is 12.2. The summed E-state index contributed by atoms with van der Waals surface area (Å²) in [6, 6.07) is 0.381. The number of nitrogens with one attached hydrogen (secondary N) is 1. The fraction of sp³-hybridized carbons (Fsp3) is 0.947. The molecule has 0 radical (unpaired) electrons. The Hall–Kier alpha value is -0.660. The molecule has 2 rings (SSSR count). The Morgan fingerprint density at radius 1 is 1.08 bits per heavy atom. The maximum absolute atomic E-state index is 12.6. The van der Waals surface area contributed by atoms with Crippen molar-refractivity contribution in [3.63, 3.8) is 0 Å². The molecule has 0 aromatic carbocycles. The molecular formula is C19H37N3O3S. The SMILES string of the molecule is CCS(=O)(=O)N1CCC(C(=O)NCC(C(C)C)N2CCC(C)CC2)CC1. The van der Waals surface area contributed by atoms with Crippen LogP contribution in [0.25, 0.3) is 0 Å². The normalized spacial score (nSPS) is 23.3. The third-order valence-corrected chi connectivity index (χ3v) is 8.01. The van der Waals surface area contributed by atoms with Crippen molar-refractivity contribution in [2.75, 3.05) is 38.5 Å². The highest BCUT2D eigenvalue weighted by atomic mass is 32.2. The van der Waals surface area contributed by atoms with Gasteiger partial charge in [-0.25, -0.2) is 12.7 Å². The largest absolute Gasteiger partial charge is 0.354 e. The van der Waals surface area contributed by atoms with Crippen LogP contribution in [0.2, 0.25) is 0 Å². The van der Waals surface area contributed by atoms with Crippen molar-refractivity contribution in [1.82, 2.24) is 14.5 Å². The van der Waals surface area contributed by atoms with Gasteiger partial charge in [0.2, 0.25) is 15.9 Å². The van der Waals surface area contributed by atoms with Crippen LogP contribution >= 0.6 is 0 Å². The van der Waals surface area contributed by atoms with E-state index in [4.69, 9.17) is 0 Å². The van der Waals surface area contributed by atoms with Crippen molar-refractivity contribution in [3.8, 4) is 0 Å². The van der Waals surface area contributed by atoms with Gasteiger partial charge in [0.1, 0.15) is 0 Å². The van der Waals surface area contributed by atoms with Gasteiger partial charge >= 0.3 is 0 Å². The zero-order chi connectivity index (χ0) is 19.3. The molecule has 2 heterocycles. The second-order valence-corrected chi connectivity index (χ2v) is 10.6. The van der Waals surface area contributed by atoms with E-state index >= 15 is 0 Å². The van der Waals surface area contributed by atoms with Crippen LogP contribution in [0.5, 0.6) is 0 Å². The van der Waals surface area contributed by atoms with Crippen LogP contribution in [0.4, 0.5) is 0 Å². The molecule has 0 aromatic rings. The van der Waals surface area contributed by atoms with Crippen LogP contribution in [-0.2, 0) is 14.8 Å². The zero-order valence-electron chi connectivity index (χ0n) is 16.9. The Kier molecular flexibility index (Phi) is 7.91. The van der Waals surface area contributed by atoms with Crippen LogP contribution in [-0.4, -0.2) is 68.0 Å². The molecule has 1 atom stereocenters. The van der Waals surface area contributed by atoms with E-state index in [1.807, 2.05) is 0 Å². The first kappa shape index (κ1) is 21.6. The van der Waals surface area contributed by atoms with E-state index < -0.39 is 10.0 Å². The molecule has 1 N–H and O–H groups in total. The molecule has 152 valence electrons. The van der Waals surface area contributed by atoms with E-state index in [0.29, 0.717) is 44.4 Å². The van der Waals surface area contributed by atoms with Crippen LogP contribution in [0.15, 0.2) is 0 Å². The number of likely N-dealkylation sites (tertiary alicyclic amines) is 1. The molecule has 2 aliphatic heterocycles. The maximum Gasteiger partial charge on any atom is 0.223 e. The van der Waals surface area contributed by atoms with Gasteiger partial charge in [-0.15, -0.1) is 0 Å². The quantitative estimate of drug-likeness (QED) is 0.725. The van der Waals surface area contributed by atoms with Gasteiger partial charge in [0.25, 0.3) is 0 Å². The highest BCUT2D eigenvalue weighted by Crippen LogP contribution is 2.22. The van der Waals surface area contributed by atoms with Crippen LogP contribution < -0.4 is 5.32 Å². The average molecular weight is 388 g/mol. The molecule has 2 saturated heterocycles. The molecule has 26 heavy (non-hydrogen) atoms. The third-order valence-electron chi connectivity index (χ3n) is 6.13. The number of carbonyl (C=O) groups is 1. The summed E-state index contributed by atoms with van der Waals surface area (Å²) >= 11 is 0. The smallest absolute Gasteiger partial charge is 0.223 e. The highest BCUT2D eigenvalue weighted by Gasteiger charge is 2.31. The fourth-order valence-electron chi connectivity index (χ4n) is 4.07. The maximum atomic E-state index is 12.6. The van der Waals surface area contributed by atoms with Gasteiger partial charge in [0.15, 0.2) is 0 Å². The fourth-order valence-corrected chi connectivity index (χ4v) is 5.21. The summed E-state index contributed by atoms with van der Waals surface area (Å²) in [5.41, 5.74) is 0. The van der Waals surface area contributed by atoms with E-state index in [2.05, 4.69) is 31.0 Å². The van der Waals surface area contributed by atoms with Gasteiger partial charge in [-0.2, -0.15) is 0 Å². The first-order valence-corrected chi connectivity index (χ1v) is 11.8. The molecule has 2 aliphatic rings. The second kappa shape index (κ2) is 9.51. The number of hydrogen-bond acceptors (Lipinski definition) is 4. The standard InChI is InChI=1S/C19H37N3O3S/c1-5-26(24,25)22-12-8-17(9-13-22)19(23)20-14-18(15(2)3)21-10-6-16(4)7-11-21/h15-18H,5-14H2,1-4H3,(H,20,23). The lowest BCUT2D eigenvalue weighted by Crippen LogP contribution is -2.51. The number of carbonyl (C=O) groups excluding carboxylic acids is 1. The number of hydrogen-bond donors (Lipinski definition) is 1. The van der Waals surface area contributed by atoms with Gasteiger partial charge in [-0.05, 0) is 57.5 Å². The van der Waals surface area contributed by atoms with Crippen LogP contribution in [0, 0.1) is 17.8 Å². The summed E-state index contributed by atoms with van der Waals surface area (Å²) in [5.74, 6) is 1.47. The van der Waals surface area contributed by atoms with E-state index in [0.717, 1.165) is 19.0 Å². The van der Waals surface area contributed by atoms with Gasteiger partial charge in [0, 0.05) is 31.6 Å². The van der Waals surface area contributed by atoms with Gasteiger partial charge in [-0.1, -0.05) is 20.8 Å². The molecule has 0 bridgehead atoms. The Morgan fingerprint density at radius 3 is 2.15 bits per heavy atom. The predicted octanol–water partition coefficient (Wildman–Crippen LogP) is 1.92. The molecule has 0 spiro atoms. The lowest BCUT2D eigenvalue weighted by atomic mass is 9.93. The third kappa shape index (κ3) is 5.67. The van der Waals surface area contributed by atoms with Crippen molar-refractivity contribution in [2.24, 2.45) is 17.8 Å². The predicted molar refractivity (Wildman–Crippen MR) is 105 cm³/mol. The summed E-state index contributed by atoms with van der Waals surface area (Å²) in [7, 11) is -3.13. The van der Waals surface area contributed by atoms with Gasteiger partial charge in [-0.3, -0.25) is 9.69 Å². The van der Waals surface area contributed by atoms with Gasteiger partial charge in [0.05, 0.1) is 5.75 Å². The van der Waals surface area contributed by atoms with Crippen molar-refractivity contribution in [3.05, 3.63) is 0 Å². The minimum Gasteiger partial charge on any atom is -0.354 e. The van der Waals surface area contributed by atoms with Gasteiger partial charge < -0.3 is 5.32 Å². The minimum absolute atomic E-state index is 0.0625. The highest BCUT2D eigenvalue weighted by molar-refractivity contribution is 7.89. The summed E-state index contributed by atoms with van der Waals surface area (Å²) in [6.45, 7) is 12.3. The Bertz CT molecular complexity index is 548. The number of nitrogens with zero attached hydrogens (tertiary/aromatic N) is 2. The molecule has 0 saturated carbocycles. The monoisotopic (exact) mass is 387 g/mol. The van der Waals surface area contributed by atoms with E-state index in [1.54, 1.807) is 6.92 Å². The summed E-state index contributed by atoms with van der Waals surface area (Å²) in [4.78, 5) is 15.1. The molecule has 0 aliphatic carbocycles. The average Bonchev–Trinajstić information content (AvgIpc) is 2.63. The molecular weight excluding hydrogens is 350 g/mol. The Labute approximate surface area is 159 Å². The van der Waals surface area contributed by atoms with Crippen LogP contribution in [0.3, 0.4) is 0 Å². The van der Waals surface area contributed by atoms with Crippen molar-refractivity contribution >= 4 is 15.9 Å². The topological polar surface area (TPSA) is 69.7 Å². The number of sulfonamides is 1. The summed E-state index contributed by atoms with van der Waals surface area (Å²) in [6.07, 6.45) is 3.72. The Balaban J connectivity index is 1.81. The number of amides is 1. The Morgan fingerprint density at radius 2 is 1.65 bits per heavy atom.